The highest BCUT2D eigenvalue weighted by Gasteiger charge is 2.32. The molecule has 1 saturated heterocycles. The fourth-order valence-electron chi connectivity index (χ4n) is 3.65. The van der Waals surface area contributed by atoms with Gasteiger partial charge in [-0.2, -0.15) is 0 Å². The zero-order valence-electron chi connectivity index (χ0n) is 14.1. The quantitative estimate of drug-likeness (QED) is 0.815. The van der Waals surface area contributed by atoms with Gasteiger partial charge in [0.2, 0.25) is 5.91 Å². The van der Waals surface area contributed by atoms with Gasteiger partial charge in [0.25, 0.3) is 0 Å². The van der Waals surface area contributed by atoms with E-state index in [4.69, 9.17) is 0 Å². The van der Waals surface area contributed by atoms with Crippen molar-refractivity contribution in [1.82, 2.24) is 15.5 Å². The van der Waals surface area contributed by atoms with Crippen molar-refractivity contribution in [1.29, 1.82) is 0 Å². The summed E-state index contributed by atoms with van der Waals surface area (Å²) in [7, 11) is 0. The summed E-state index contributed by atoms with van der Waals surface area (Å²) in [4.78, 5) is 14.4. The van der Waals surface area contributed by atoms with E-state index < -0.39 is 0 Å². The highest BCUT2D eigenvalue weighted by atomic mass is 16.2. The molecule has 1 amide bonds. The number of hydrogen-bond donors (Lipinski definition) is 2. The average Bonchev–Trinajstić information content (AvgIpc) is 2.48. The van der Waals surface area contributed by atoms with Crippen LogP contribution in [0.1, 0.15) is 52.9 Å². The summed E-state index contributed by atoms with van der Waals surface area (Å²) < 4.78 is 0. The van der Waals surface area contributed by atoms with Crippen LogP contribution in [0.15, 0.2) is 0 Å². The molecule has 1 heterocycles. The lowest BCUT2D eigenvalue weighted by Gasteiger charge is -2.39. The molecule has 1 aliphatic carbocycles. The number of carbonyl (C=O) groups is 1. The highest BCUT2D eigenvalue weighted by molar-refractivity contribution is 5.78. The van der Waals surface area contributed by atoms with Gasteiger partial charge in [-0.15, -0.1) is 0 Å². The summed E-state index contributed by atoms with van der Waals surface area (Å²) in [6.07, 6.45) is 6.08. The van der Waals surface area contributed by atoms with Crippen LogP contribution in [0.25, 0.3) is 0 Å². The van der Waals surface area contributed by atoms with E-state index in [1.54, 1.807) is 0 Å². The van der Waals surface area contributed by atoms with Crippen LogP contribution in [0.3, 0.4) is 0 Å². The predicted octanol–water partition coefficient (Wildman–Crippen LogP) is 2.00. The summed E-state index contributed by atoms with van der Waals surface area (Å²) in [6.45, 7) is 11.6. The molecule has 4 heteroatoms. The van der Waals surface area contributed by atoms with Crippen LogP contribution < -0.4 is 10.6 Å². The maximum absolute atomic E-state index is 12.1. The van der Waals surface area contributed by atoms with Crippen LogP contribution in [-0.2, 0) is 4.79 Å². The molecule has 0 radical (unpaired) electrons. The minimum absolute atomic E-state index is 0.218. The first kappa shape index (κ1) is 16.8. The molecule has 2 aliphatic rings. The maximum Gasteiger partial charge on any atom is 0.234 e. The van der Waals surface area contributed by atoms with E-state index in [0.717, 1.165) is 44.9 Å². The lowest BCUT2D eigenvalue weighted by molar-refractivity contribution is -0.123. The average molecular weight is 295 g/mol. The van der Waals surface area contributed by atoms with Gasteiger partial charge in [0, 0.05) is 32.2 Å². The smallest absolute Gasteiger partial charge is 0.234 e. The van der Waals surface area contributed by atoms with E-state index in [1.165, 1.54) is 19.3 Å². The van der Waals surface area contributed by atoms with Crippen LogP contribution in [0.2, 0.25) is 0 Å². The standard InChI is InChI=1S/C17H33N3O/c1-4-17(2,3)14-5-7-15(8-6-14)19-16(21)13-20-11-9-18-10-12-20/h14-15,18H,4-13H2,1-3H3,(H,19,21). The molecule has 0 bridgehead atoms. The summed E-state index contributed by atoms with van der Waals surface area (Å²) in [5.41, 5.74) is 0.454. The van der Waals surface area contributed by atoms with Crippen molar-refractivity contribution in [2.75, 3.05) is 32.7 Å². The van der Waals surface area contributed by atoms with Gasteiger partial charge in [0.1, 0.15) is 0 Å². The molecule has 1 aliphatic heterocycles. The highest BCUT2D eigenvalue weighted by Crippen LogP contribution is 2.40. The van der Waals surface area contributed by atoms with Crippen molar-refractivity contribution in [2.24, 2.45) is 11.3 Å². The molecule has 2 N–H and O–H groups in total. The van der Waals surface area contributed by atoms with Gasteiger partial charge in [-0.25, -0.2) is 0 Å². The van der Waals surface area contributed by atoms with Crippen molar-refractivity contribution in [3.63, 3.8) is 0 Å². The lowest BCUT2D eigenvalue weighted by atomic mass is 9.69. The molecule has 122 valence electrons. The molecule has 0 aromatic rings. The van der Waals surface area contributed by atoms with Crippen molar-refractivity contribution < 1.29 is 4.79 Å². The van der Waals surface area contributed by atoms with E-state index in [-0.39, 0.29) is 5.91 Å². The first-order valence-corrected chi connectivity index (χ1v) is 8.73. The van der Waals surface area contributed by atoms with E-state index in [9.17, 15) is 4.79 Å². The van der Waals surface area contributed by atoms with Gasteiger partial charge in [0.05, 0.1) is 6.54 Å². The number of nitrogens with one attached hydrogen (secondary N) is 2. The number of amides is 1. The number of rotatable bonds is 5. The summed E-state index contributed by atoms with van der Waals surface area (Å²) in [5.74, 6) is 1.04. The second-order valence-corrected chi connectivity index (χ2v) is 7.48. The first-order chi connectivity index (χ1) is 10.0. The van der Waals surface area contributed by atoms with E-state index in [1.807, 2.05) is 0 Å². The first-order valence-electron chi connectivity index (χ1n) is 8.73. The normalized spacial score (nSPS) is 28.3. The Labute approximate surface area is 130 Å². The van der Waals surface area contributed by atoms with Crippen LogP contribution in [0.5, 0.6) is 0 Å². The lowest BCUT2D eigenvalue weighted by Crippen LogP contribution is -2.49. The third kappa shape index (κ3) is 4.96. The van der Waals surface area contributed by atoms with Crippen LogP contribution in [0.4, 0.5) is 0 Å². The predicted molar refractivity (Wildman–Crippen MR) is 87.3 cm³/mol. The summed E-state index contributed by atoms with van der Waals surface area (Å²) >= 11 is 0. The monoisotopic (exact) mass is 295 g/mol. The molecular weight excluding hydrogens is 262 g/mol. The Morgan fingerprint density at radius 3 is 2.38 bits per heavy atom. The zero-order chi connectivity index (χ0) is 15.3. The largest absolute Gasteiger partial charge is 0.352 e. The molecule has 2 fully saturated rings. The molecule has 0 aromatic heterocycles. The zero-order valence-corrected chi connectivity index (χ0v) is 14.1. The van der Waals surface area contributed by atoms with Crippen LogP contribution in [0, 0.1) is 11.3 Å². The Balaban J connectivity index is 1.69. The van der Waals surface area contributed by atoms with Gasteiger partial charge in [0.15, 0.2) is 0 Å². The van der Waals surface area contributed by atoms with E-state index in [0.29, 0.717) is 18.0 Å². The Bertz CT molecular complexity index is 329. The van der Waals surface area contributed by atoms with Gasteiger partial charge < -0.3 is 10.6 Å². The molecule has 1 saturated carbocycles. The van der Waals surface area contributed by atoms with Crippen LogP contribution in [-0.4, -0.2) is 49.6 Å². The molecule has 2 rings (SSSR count). The molecule has 0 aromatic carbocycles. The fraction of sp³-hybridized carbons (Fsp3) is 0.941. The van der Waals surface area contributed by atoms with Gasteiger partial charge in [-0.05, 0) is 37.0 Å². The third-order valence-corrected chi connectivity index (χ3v) is 5.69. The third-order valence-electron chi connectivity index (χ3n) is 5.69. The van der Waals surface area contributed by atoms with Crippen molar-refractivity contribution >= 4 is 5.91 Å². The van der Waals surface area contributed by atoms with E-state index >= 15 is 0 Å². The Morgan fingerprint density at radius 1 is 1.19 bits per heavy atom. The molecule has 0 unspecified atom stereocenters. The summed E-state index contributed by atoms with van der Waals surface area (Å²) in [5, 5.41) is 6.58. The topological polar surface area (TPSA) is 44.4 Å². The van der Waals surface area contributed by atoms with Gasteiger partial charge >= 0.3 is 0 Å². The Kier molecular flexibility index (Phi) is 6.06. The minimum atomic E-state index is 0.218. The molecule has 0 atom stereocenters. The Morgan fingerprint density at radius 2 is 1.81 bits per heavy atom. The second-order valence-electron chi connectivity index (χ2n) is 7.48. The number of carbonyl (C=O) groups excluding carboxylic acids is 1. The molecule has 4 nitrogen and oxygen atoms in total. The number of piperazine rings is 1. The number of hydrogen-bond acceptors (Lipinski definition) is 3. The van der Waals surface area contributed by atoms with Gasteiger partial charge in [-0.1, -0.05) is 27.2 Å². The molecule has 0 spiro atoms. The van der Waals surface area contributed by atoms with Crippen molar-refractivity contribution in [3.8, 4) is 0 Å². The SMILES string of the molecule is CCC(C)(C)C1CCC(NC(=O)CN2CCNCC2)CC1. The van der Waals surface area contributed by atoms with E-state index in [2.05, 4.69) is 36.3 Å². The minimum Gasteiger partial charge on any atom is -0.352 e. The van der Waals surface area contributed by atoms with Gasteiger partial charge in [-0.3, -0.25) is 9.69 Å². The second kappa shape index (κ2) is 7.59. The van der Waals surface area contributed by atoms with Crippen LogP contribution >= 0.6 is 0 Å². The number of nitrogens with zero attached hydrogens (tertiary/aromatic N) is 1. The van der Waals surface area contributed by atoms with Crippen molar-refractivity contribution in [3.05, 3.63) is 0 Å². The molecular formula is C17H33N3O. The van der Waals surface area contributed by atoms with Crippen molar-refractivity contribution in [2.45, 2.75) is 58.9 Å². The summed E-state index contributed by atoms with van der Waals surface area (Å²) in [6, 6.07) is 0.407. The maximum atomic E-state index is 12.1. The Hall–Kier alpha value is -0.610. The fourth-order valence-corrected chi connectivity index (χ4v) is 3.65. The molecule has 21 heavy (non-hydrogen) atoms.